The lowest BCUT2D eigenvalue weighted by Gasteiger charge is -2.34. The van der Waals surface area contributed by atoms with Crippen molar-refractivity contribution in [3.63, 3.8) is 0 Å². The summed E-state index contributed by atoms with van der Waals surface area (Å²) in [6.45, 7) is 0.264. The van der Waals surface area contributed by atoms with Gasteiger partial charge in [-0.15, -0.1) is 0 Å². The van der Waals surface area contributed by atoms with Crippen LogP contribution < -0.4 is 5.56 Å². The van der Waals surface area contributed by atoms with Crippen molar-refractivity contribution in [2.75, 3.05) is 13.7 Å². The number of carbonyl (C=O) groups excluding carboxylic acids is 1. The molecule has 0 fully saturated rings. The molecule has 1 aliphatic rings. The number of pyridine rings is 1. The van der Waals surface area contributed by atoms with Crippen molar-refractivity contribution in [1.82, 2.24) is 20.1 Å². The SMILES string of the molecule is CN(C(=O)c1ccc2cn[nH]c2c1)[C@@H]1COCc2[nH]c(=O)c3cc(F)c(F)cc3c21. The first-order valence-electron chi connectivity index (χ1n) is 9.26. The van der Waals surface area contributed by atoms with E-state index in [1.807, 2.05) is 0 Å². The number of hydrogen-bond acceptors (Lipinski definition) is 4. The molecule has 0 saturated heterocycles. The number of nitrogens with one attached hydrogen (secondary N) is 2. The number of fused-ring (bicyclic) bond motifs is 4. The van der Waals surface area contributed by atoms with Gasteiger partial charge in [0.15, 0.2) is 11.6 Å². The minimum atomic E-state index is -1.10. The molecule has 1 amide bonds. The van der Waals surface area contributed by atoms with Gasteiger partial charge >= 0.3 is 0 Å². The lowest BCUT2D eigenvalue weighted by molar-refractivity contribution is 0.0336. The predicted octanol–water partition coefficient (Wildman–Crippen LogP) is 3.03. The van der Waals surface area contributed by atoms with Gasteiger partial charge in [0.25, 0.3) is 11.5 Å². The van der Waals surface area contributed by atoms with E-state index < -0.39 is 23.2 Å². The molecule has 1 atom stereocenters. The van der Waals surface area contributed by atoms with Crippen LogP contribution in [0.3, 0.4) is 0 Å². The van der Waals surface area contributed by atoms with Crippen molar-refractivity contribution in [3.8, 4) is 0 Å². The number of hydrogen-bond donors (Lipinski definition) is 2. The van der Waals surface area contributed by atoms with Gasteiger partial charge in [-0.05, 0) is 29.7 Å². The highest BCUT2D eigenvalue weighted by molar-refractivity contribution is 5.98. The number of halogens is 2. The fourth-order valence-corrected chi connectivity index (χ4v) is 3.96. The maximum Gasteiger partial charge on any atom is 0.256 e. The molecule has 5 rings (SSSR count). The molecule has 0 aliphatic carbocycles. The summed E-state index contributed by atoms with van der Waals surface area (Å²) in [6, 6.07) is 6.47. The molecule has 30 heavy (non-hydrogen) atoms. The Morgan fingerprint density at radius 3 is 2.77 bits per heavy atom. The largest absolute Gasteiger partial charge is 0.373 e. The summed E-state index contributed by atoms with van der Waals surface area (Å²) in [5.74, 6) is -2.44. The lowest BCUT2D eigenvalue weighted by atomic mass is 9.95. The number of H-pyrrole nitrogens is 2. The predicted molar refractivity (Wildman–Crippen MR) is 105 cm³/mol. The summed E-state index contributed by atoms with van der Waals surface area (Å²) < 4.78 is 33.3. The Morgan fingerprint density at radius 2 is 1.97 bits per heavy atom. The van der Waals surface area contributed by atoms with E-state index in [2.05, 4.69) is 15.2 Å². The van der Waals surface area contributed by atoms with Crippen LogP contribution in [0.1, 0.15) is 27.7 Å². The van der Waals surface area contributed by atoms with E-state index in [0.717, 1.165) is 23.0 Å². The summed E-state index contributed by atoms with van der Waals surface area (Å²) in [7, 11) is 1.61. The van der Waals surface area contributed by atoms with Crippen LogP contribution in [0, 0.1) is 11.6 Å². The molecule has 0 radical (unpaired) electrons. The Labute approximate surface area is 168 Å². The number of rotatable bonds is 2. The quantitative estimate of drug-likeness (QED) is 0.532. The third-order valence-corrected chi connectivity index (χ3v) is 5.52. The zero-order valence-corrected chi connectivity index (χ0v) is 15.8. The smallest absolute Gasteiger partial charge is 0.256 e. The average molecular weight is 410 g/mol. The van der Waals surface area contributed by atoms with E-state index in [0.29, 0.717) is 16.8 Å². The standard InChI is InChI=1S/C21H16F2N4O3/c1-27(21(29)10-2-3-11-7-24-26-16(11)4-10)18-9-30-8-17-19(18)12-5-14(22)15(23)6-13(12)20(28)25-17/h2-7,18H,8-9H2,1H3,(H,24,26)(H,25,28)/t18-/m1/s1. The van der Waals surface area contributed by atoms with Crippen LogP contribution in [0.2, 0.25) is 0 Å². The molecule has 2 aromatic heterocycles. The number of carbonyl (C=O) groups is 1. The average Bonchev–Trinajstić information content (AvgIpc) is 3.21. The number of aromatic amines is 2. The fraction of sp³-hybridized carbons (Fsp3) is 0.190. The van der Waals surface area contributed by atoms with Crippen LogP contribution >= 0.6 is 0 Å². The Balaban J connectivity index is 1.62. The maximum atomic E-state index is 14.0. The number of amides is 1. The van der Waals surface area contributed by atoms with E-state index in [1.165, 1.54) is 4.90 Å². The van der Waals surface area contributed by atoms with E-state index in [1.54, 1.807) is 31.4 Å². The number of benzene rings is 2. The molecule has 0 spiro atoms. The summed E-state index contributed by atoms with van der Waals surface area (Å²) >= 11 is 0. The molecule has 152 valence electrons. The number of nitrogens with zero attached hydrogens (tertiary/aromatic N) is 2. The monoisotopic (exact) mass is 410 g/mol. The number of ether oxygens (including phenoxy) is 1. The van der Waals surface area contributed by atoms with Crippen LogP contribution in [0.15, 0.2) is 41.3 Å². The van der Waals surface area contributed by atoms with E-state index in [-0.39, 0.29) is 29.9 Å². The number of likely N-dealkylation sites (N-methyl/N-ethyl adjacent to an activating group) is 1. The highest BCUT2D eigenvalue weighted by atomic mass is 19.2. The van der Waals surface area contributed by atoms with Gasteiger partial charge in [0.05, 0.1) is 36.4 Å². The van der Waals surface area contributed by atoms with E-state index in [4.69, 9.17) is 4.74 Å². The molecular formula is C21H16F2N4O3. The first kappa shape index (κ1) is 18.4. The van der Waals surface area contributed by atoms with Crippen LogP contribution in [0.4, 0.5) is 8.78 Å². The normalized spacial score (nSPS) is 16.0. The minimum Gasteiger partial charge on any atom is -0.373 e. The molecule has 3 heterocycles. The highest BCUT2D eigenvalue weighted by Crippen LogP contribution is 2.34. The Hall–Kier alpha value is -3.59. The number of aromatic nitrogens is 3. The van der Waals surface area contributed by atoms with E-state index in [9.17, 15) is 18.4 Å². The summed E-state index contributed by atoms with van der Waals surface area (Å²) in [5, 5.41) is 7.95. The molecule has 1 aliphatic heterocycles. The Morgan fingerprint density at radius 1 is 1.20 bits per heavy atom. The first-order valence-corrected chi connectivity index (χ1v) is 9.26. The maximum absolute atomic E-state index is 14.0. The summed E-state index contributed by atoms with van der Waals surface area (Å²) in [4.78, 5) is 29.7. The van der Waals surface area contributed by atoms with Gasteiger partial charge in [-0.2, -0.15) is 5.10 Å². The van der Waals surface area contributed by atoms with Crippen LogP contribution in [0.25, 0.3) is 21.7 Å². The van der Waals surface area contributed by atoms with Crippen molar-refractivity contribution >= 4 is 27.6 Å². The topological polar surface area (TPSA) is 91.1 Å². The van der Waals surface area contributed by atoms with Crippen LogP contribution in [-0.4, -0.2) is 39.6 Å². The van der Waals surface area contributed by atoms with Gasteiger partial charge in [-0.1, -0.05) is 6.07 Å². The van der Waals surface area contributed by atoms with Crippen molar-refractivity contribution in [2.45, 2.75) is 12.6 Å². The second kappa shape index (κ2) is 6.74. The Kier molecular flexibility index (Phi) is 4.14. The van der Waals surface area contributed by atoms with Crippen molar-refractivity contribution in [2.24, 2.45) is 0 Å². The highest BCUT2D eigenvalue weighted by Gasteiger charge is 2.31. The fourth-order valence-electron chi connectivity index (χ4n) is 3.96. The first-order chi connectivity index (χ1) is 14.4. The van der Waals surface area contributed by atoms with Gasteiger partial charge < -0.3 is 14.6 Å². The lowest BCUT2D eigenvalue weighted by Crippen LogP contribution is -2.37. The van der Waals surface area contributed by atoms with Gasteiger partial charge in [0, 0.05) is 29.3 Å². The Bertz CT molecular complexity index is 1380. The molecule has 4 aromatic rings. The second-order valence-corrected chi connectivity index (χ2v) is 7.28. The molecule has 7 nitrogen and oxygen atoms in total. The molecule has 2 N–H and O–H groups in total. The van der Waals surface area contributed by atoms with Crippen molar-refractivity contribution in [3.05, 3.63) is 75.3 Å². The van der Waals surface area contributed by atoms with Crippen LogP contribution in [0.5, 0.6) is 0 Å². The summed E-state index contributed by atoms with van der Waals surface area (Å²) in [5.41, 5.74) is 1.62. The van der Waals surface area contributed by atoms with Gasteiger partial charge in [0.2, 0.25) is 0 Å². The molecule has 0 saturated carbocycles. The van der Waals surface area contributed by atoms with Crippen molar-refractivity contribution in [1.29, 1.82) is 0 Å². The minimum absolute atomic E-state index is 0.0271. The molecule has 0 bridgehead atoms. The van der Waals surface area contributed by atoms with Gasteiger partial charge in [-0.3, -0.25) is 14.7 Å². The van der Waals surface area contributed by atoms with Crippen molar-refractivity contribution < 1.29 is 18.3 Å². The molecule has 0 unspecified atom stereocenters. The van der Waals surface area contributed by atoms with E-state index >= 15 is 0 Å². The third-order valence-electron chi connectivity index (χ3n) is 5.52. The summed E-state index contributed by atoms with van der Waals surface area (Å²) in [6.07, 6.45) is 1.66. The third kappa shape index (κ3) is 2.78. The van der Waals surface area contributed by atoms with Crippen LogP contribution in [-0.2, 0) is 11.3 Å². The second-order valence-electron chi connectivity index (χ2n) is 7.28. The van der Waals surface area contributed by atoms with Gasteiger partial charge in [0.1, 0.15) is 0 Å². The molecule has 2 aromatic carbocycles. The zero-order chi connectivity index (χ0) is 21.0. The molecule has 9 heteroatoms. The molecular weight excluding hydrogens is 394 g/mol. The van der Waals surface area contributed by atoms with Gasteiger partial charge in [-0.25, -0.2) is 8.78 Å². The zero-order valence-electron chi connectivity index (χ0n) is 15.8.